The van der Waals surface area contributed by atoms with Gasteiger partial charge in [-0.1, -0.05) is 42.5 Å². The summed E-state index contributed by atoms with van der Waals surface area (Å²) in [6, 6.07) is 16.3. The van der Waals surface area contributed by atoms with Gasteiger partial charge in [-0.2, -0.15) is 0 Å². The first kappa shape index (κ1) is 18.8. The summed E-state index contributed by atoms with van der Waals surface area (Å²) in [5, 5.41) is 12.7. The van der Waals surface area contributed by atoms with Gasteiger partial charge in [0.25, 0.3) is 11.8 Å². The van der Waals surface area contributed by atoms with E-state index in [9.17, 15) is 19.5 Å². The molecule has 27 heavy (non-hydrogen) atoms. The summed E-state index contributed by atoms with van der Waals surface area (Å²) in [4.78, 5) is 37.6. The fourth-order valence-corrected chi connectivity index (χ4v) is 3.12. The molecule has 1 aliphatic rings. The van der Waals surface area contributed by atoms with Gasteiger partial charge in [-0.3, -0.25) is 19.3 Å². The van der Waals surface area contributed by atoms with E-state index in [1.165, 1.54) is 4.90 Å². The fourth-order valence-electron chi connectivity index (χ4n) is 3.12. The van der Waals surface area contributed by atoms with Crippen molar-refractivity contribution in [2.45, 2.75) is 25.4 Å². The van der Waals surface area contributed by atoms with Gasteiger partial charge in [0.15, 0.2) is 0 Å². The van der Waals surface area contributed by atoms with Crippen LogP contribution in [-0.2, 0) is 11.2 Å². The Morgan fingerprint density at radius 3 is 2.19 bits per heavy atom. The number of carbonyl (C=O) groups is 3. The van der Waals surface area contributed by atoms with Gasteiger partial charge in [0.1, 0.15) is 0 Å². The van der Waals surface area contributed by atoms with Crippen LogP contribution in [0.4, 0.5) is 0 Å². The highest BCUT2D eigenvalue weighted by molar-refractivity contribution is 6.21. The van der Waals surface area contributed by atoms with Gasteiger partial charge in [-0.05, 0) is 24.1 Å². The van der Waals surface area contributed by atoms with E-state index < -0.39 is 6.10 Å². The number of nitrogens with one attached hydrogen (secondary N) is 1. The Labute approximate surface area is 157 Å². The molecule has 1 unspecified atom stereocenters. The number of aliphatic hydroxyl groups is 1. The van der Waals surface area contributed by atoms with Crippen molar-refractivity contribution in [1.29, 1.82) is 0 Å². The maximum absolute atomic E-state index is 12.2. The van der Waals surface area contributed by atoms with E-state index >= 15 is 0 Å². The lowest BCUT2D eigenvalue weighted by Gasteiger charge is -2.14. The van der Waals surface area contributed by atoms with Crippen molar-refractivity contribution >= 4 is 17.7 Å². The zero-order chi connectivity index (χ0) is 19.2. The molecule has 0 bridgehead atoms. The molecule has 3 amide bonds. The number of nitrogens with zero attached hydrogens (tertiary/aromatic N) is 1. The number of benzene rings is 2. The minimum absolute atomic E-state index is 0.167. The van der Waals surface area contributed by atoms with Crippen LogP contribution < -0.4 is 5.32 Å². The molecule has 0 spiro atoms. The maximum atomic E-state index is 12.2. The van der Waals surface area contributed by atoms with Gasteiger partial charge in [-0.25, -0.2) is 0 Å². The monoisotopic (exact) mass is 366 g/mol. The maximum Gasteiger partial charge on any atom is 0.261 e. The quantitative estimate of drug-likeness (QED) is 0.698. The van der Waals surface area contributed by atoms with Gasteiger partial charge in [0.2, 0.25) is 5.91 Å². The molecule has 0 aromatic heterocycles. The molecule has 3 rings (SSSR count). The minimum atomic E-state index is -0.660. The third-order valence-electron chi connectivity index (χ3n) is 4.51. The zero-order valence-corrected chi connectivity index (χ0v) is 14.9. The number of carbonyl (C=O) groups excluding carboxylic acids is 3. The summed E-state index contributed by atoms with van der Waals surface area (Å²) >= 11 is 0. The molecule has 1 aliphatic heterocycles. The summed E-state index contributed by atoms with van der Waals surface area (Å²) in [6.07, 6.45) is 0.376. The second-order valence-electron chi connectivity index (χ2n) is 6.56. The van der Waals surface area contributed by atoms with E-state index in [0.29, 0.717) is 24.0 Å². The predicted molar refractivity (Wildman–Crippen MR) is 100 cm³/mol. The molecule has 6 heteroatoms. The fraction of sp³-hybridized carbons (Fsp3) is 0.286. The van der Waals surface area contributed by atoms with E-state index in [-0.39, 0.29) is 37.2 Å². The average Bonchev–Trinajstić information content (AvgIpc) is 2.92. The molecule has 0 fully saturated rings. The van der Waals surface area contributed by atoms with Crippen molar-refractivity contribution in [3.05, 3.63) is 71.3 Å². The topological polar surface area (TPSA) is 86.7 Å². The minimum Gasteiger partial charge on any atom is -0.391 e. The molecule has 2 N–H and O–H groups in total. The smallest absolute Gasteiger partial charge is 0.261 e. The van der Waals surface area contributed by atoms with Crippen LogP contribution in [0.25, 0.3) is 0 Å². The molecule has 0 aliphatic carbocycles. The number of hydrogen-bond acceptors (Lipinski definition) is 4. The molecule has 2 aromatic rings. The molecule has 2 aromatic carbocycles. The van der Waals surface area contributed by atoms with Crippen molar-refractivity contribution in [3.8, 4) is 0 Å². The Balaban J connectivity index is 1.39. The summed E-state index contributed by atoms with van der Waals surface area (Å²) in [5.74, 6) is -0.831. The van der Waals surface area contributed by atoms with Crippen LogP contribution in [0.5, 0.6) is 0 Å². The first-order valence-electron chi connectivity index (χ1n) is 9.00. The molecule has 1 atom stereocenters. The highest BCUT2D eigenvalue weighted by atomic mass is 16.3. The number of imide groups is 1. The zero-order valence-electron chi connectivity index (χ0n) is 14.9. The Morgan fingerprint density at radius 2 is 1.56 bits per heavy atom. The number of aliphatic hydroxyl groups excluding tert-OH is 1. The number of fused-ring (bicyclic) bond motifs is 1. The number of amides is 3. The molecular formula is C21H22N2O4. The molecule has 1 heterocycles. The van der Waals surface area contributed by atoms with Crippen molar-refractivity contribution < 1.29 is 19.5 Å². The van der Waals surface area contributed by atoms with E-state index in [1.807, 2.05) is 30.3 Å². The van der Waals surface area contributed by atoms with Crippen LogP contribution in [0.15, 0.2) is 54.6 Å². The average molecular weight is 366 g/mol. The predicted octanol–water partition coefficient (Wildman–Crippen LogP) is 1.78. The summed E-state index contributed by atoms with van der Waals surface area (Å²) < 4.78 is 0. The SMILES string of the molecule is O=C(CCCN1C(=O)c2ccccc2C1=O)NCC(O)Cc1ccccc1. The summed E-state index contributed by atoms with van der Waals surface area (Å²) in [6.45, 7) is 0.368. The second-order valence-corrected chi connectivity index (χ2v) is 6.56. The van der Waals surface area contributed by atoms with Gasteiger partial charge in [0, 0.05) is 25.9 Å². The Kier molecular flexibility index (Phi) is 5.98. The van der Waals surface area contributed by atoms with E-state index in [0.717, 1.165) is 5.56 Å². The number of rotatable bonds is 8. The van der Waals surface area contributed by atoms with Gasteiger partial charge in [-0.15, -0.1) is 0 Å². The lowest BCUT2D eigenvalue weighted by atomic mass is 10.1. The van der Waals surface area contributed by atoms with Crippen molar-refractivity contribution in [2.75, 3.05) is 13.1 Å². The van der Waals surface area contributed by atoms with E-state index in [1.54, 1.807) is 24.3 Å². The summed E-state index contributed by atoms with van der Waals surface area (Å²) in [5.41, 5.74) is 1.83. The van der Waals surface area contributed by atoms with Gasteiger partial charge >= 0.3 is 0 Å². The van der Waals surface area contributed by atoms with Crippen LogP contribution in [0.3, 0.4) is 0 Å². The Hall–Kier alpha value is -2.99. The molecule has 6 nitrogen and oxygen atoms in total. The van der Waals surface area contributed by atoms with Gasteiger partial charge < -0.3 is 10.4 Å². The Bertz CT molecular complexity index is 800. The highest BCUT2D eigenvalue weighted by Gasteiger charge is 2.34. The van der Waals surface area contributed by atoms with Crippen molar-refractivity contribution in [3.63, 3.8) is 0 Å². The van der Waals surface area contributed by atoms with Crippen LogP contribution in [0.2, 0.25) is 0 Å². The van der Waals surface area contributed by atoms with E-state index in [2.05, 4.69) is 5.32 Å². The molecule has 140 valence electrons. The third kappa shape index (κ3) is 4.60. The second kappa shape index (κ2) is 8.60. The third-order valence-corrected chi connectivity index (χ3v) is 4.51. The molecular weight excluding hydrogens is 344 g/mol. The standard InChI is InChI=1S/C21H22N2O4/c24-16(13-15-7-2-1-3-8-15)14-22-19(25)11-6-12-23-20(26)17-9-4-5-10-18(17)21(23)27/h1-5,7-10,16,24H,6,11-14H2,(H,22,25). The number of hydrogen-bond donors (Lipinski definition) is 2. The van der Waals surface area contributed by atoms with Crippen LogP contribution >= 0.6 is 0 Å². The van der Waals surface area contributed by atoms with Crippen molar-refractivity contribution in [2.24, 2.45) is 0 Å². The van der Waals surface area contributed by atoms with Gasteiger partial charge in [0.05, 0.1) is 17.2 Å². The molecule has 0 saturated heterocycles. The lowest BCUT2D eigenvalue weighted by molar-refractivity contribution is -0.121. The van der Waals surface area contributed by atoms with Crippen molar-refractivity contribution in [1.82, 2.24) is 10.2 Å². The van der Waals surface area contributed by atoms with E-state index in [4.69, 9.17) is 0 Å². The normalized spacial score (nSPS) is 14.2. The lowest BCUT2D eigenvalue weighted by Crippen LogP contribution is -2.34. The molecule has 0 saturated carbocycles. The molecule has 0 radical (unpaired) electrons. The Morgan fingerprint density at radius 1 is 0.963 bits per heavy atom. The largest absolute Gasteiger partial charge is 0.391 e. The van der Waals surface area contributed by atoms with Crippen LogP contribution in [0.1, 0.15) is 39.1 Å². The van der Waals surface area contributed by atoms with Crippen LogP contribution in [0, 0.1) is 0 Å². The first-order valence-corrected chi connectivity index (χ1v) is 9.00. The highest BCUT2D eigenvalue weighted by Crippen LogP contribution is 2.22. The summed E-state index contributed by atoms with van der Waals surface area (Å²) in [7, 11) is 0. The first-order chi connectivity index (χ1) is 13.1. The van der Waals surface area contributed by atoms with Crippen LogP contribution in [-0.4, -0.2) is 46.9 Å².